The SMILES string of the molecule is N.O=S(=O)(O)CC(F)C(F)C(F)C(F)C(F)C(F)C(F)F. The van der Waals surface area contributed by atoms with Gasteiger partial charge in [-0.2, -0.15) is 8.42 Å². The number of halogens is 8. The van der Waals surface area contributed by atoms with E-state index in [0.717, 1.165) is 0 Å². The van der Waals surface area contributed by atoms with E-state index in [-0.39, 0.29) is 6.15 Å². The van der Waals surface area contributed by atoms with Crippen molar-refractivity contribution >= 4 is 10.1 Å². The Morgan fingerprint density at radius 2 is 1.05 bits per heavy atom. The van der Waals surface area contributed by atoms with E-state index in [9.17, 15) is 43.5 Å². The second-order valence-corrected chi connectivity index (χ2v) is 5.32. The summed E-state index contributed by atoms with van der Waals surface area (Å²) in [6.07, 6.45) is -25.9. The normalized spacial score (nSPS) is 21.0. The molecule has 0 saturated heterocycles. The van der Waals surface area contributed by atoms with Crippen molar-refractivity contribution in [3.05, 3.63) is 0 Å². The molecule has 4 N–H and O–H groups in total. The van der Waals surface area contributed by atoms with Gasteiger partial charge in [-0.15, -0.1) is 0 Å². The summed E-state index contributed by atoms with van der Waals surface area (Å²) in [5.41, 5.74) is 0. The number of hydrogen-bond donors (Lipinski definition) is 2. The monoisotopic (exact) mass is 355 g/mol. The van der Waals surface area contributed by atoms with E-state index in [2.05, 4.69) is 0 Å². The molecule has 6 unspecified atom stereocenters. The van der Waals surface area contributed by atoms with Gasteiger partial charge < -0.3 is 6.15 Å². The standard InChI is InChI=1S/C8H10F8O3S.H3N/c9-2(1-20(17,18)19)3(10)4(11)5(12)6(13)7(14)8(15)16;/h2-8H,1H2,(H,17,18,19);1H3. The zero-order valence-electron chi connectivity index (χ0n) is 10.2. The molecule has 6 atom stereocenters. The van der Waals surface area contributed by atoms with Crippen LogP contribution in [0.5, 0.6) is 0 Å². The highest BCUT2D eigenvalue weighted by Crippen LogP contribution is 2.26. The molecule has 0 rings (SSSR count). The molecule has 0 aliphatic carbocycles. The van der Waals surface area contributed by atoms with Crippen LogP contribution in [-0.2, 0) is 10.1 Å². The van der Waals surface area contributed by atoms with Gasteiger partial charge in [-0.1, -0.05) is 0 Å². The first kappa shape index (κ1) is 22.6. The highest BCUT2D eigenvalue weighted by Gasteiger charge is 2.46. The molecule has 0 aromatic carbocycles. The molecular weight excluding hydrogens is 342 g/mol. The molecular formula is C8H13F8NO3S. The molecule has 0 aliphatic heterocycles. The van der Waals surface area contributed by atoms with E-state index in [1.54, 1.807) is 0 Å². The van der Waals surface area contributed by atoms with Gasteiger partial charge in [0.25, 0.3) is 16.5 Å². The quantitative estimate of drug-likeness (QED) is 0.517. The van der Waals surface area contributed by atoms with Crippen molar-refractivity contribution in [3.63, 3.8) is 0 Å². The molecule has 0 bridgehead atoms. The summed E-state index contributed by atoms with van der Waals surface area (Å²) >= 11 is 0. The first-order valence-corrected chi connectivity index (χ1v) is 6.57. The molecule has 0 aromatic heterocycles. The predicted molar refractivity (Wildman–Crippen MR) is 56.8 cm³/mol. The van der Waals surface area contributed by atoms with E-state index < -0.39 is 59.3 Å². The third-order valence-electron chi connectivity index (χ3n) is 2.17. The van der Waals surface area contributed by atoms with Crippen molar-refractivity contribution in [1.29, 1.82) is 0 Å². The Kier molecular flexibility index (Phi) is 9.34. The fraction of sp³-hybridized carbons (Fsp3) is 1.00. The second-order valence-electron chi connectivity index (χ2n) is 3.82. The lowest BCUT2D eigenvalue weighted by Crippen LogP contribution is -2.45. The zero-order valence-corrected chi connectivity index (χ0v) is 11.0. The Morgan fingerprint density at radius 3 is 1.38 bits per heavy atom. The van der Waals surface area contributed by atoms with E-state index in [1.165, 1.54) is 0 Å². The predicted octanol–water partition coefficient (Wildman–Crippen LogP) is 2.33. The van der Waals surface area contributed by atoms with Gasteiger partial charge in [-0.05, 0) is 0 Å². The average molecular weight is 355 g/mol. The molecule has 0 aromatic rings. The lowest BCUT2D eigenvalue weighted by atomic mass is 10.0. The molecule has 130 valence electrons. The van der Waals surface area contributed by atoms with Gasteiger partial charge in [0.1, 0.15) is 5.75 Å². The number of alkyl halides is 8. The first-order chi connectivity index (χ1) is 8.88. The van der Waals surface area contributed by atoms with Gasteiger partial charge >= 0.3 is 0 Å². The van der Waals surface area contributed by atoms with Crippen molar-refractivity contribution in [2.24, 2.45) is 0 Å². The lowest BCUT2D eigenvalue weighted by Gasteiger charge is -2.23. The zero-order chi connectivity index (χ0) is 16.2. The second kappa shape index (κ2) is 8.68. The van der Waals surface area contributed by atoms with E-state index in [1.807, 2.05) is 0 Å². The largest absolute Gasteiger partial charge is 0.344 e. The van der Waals surface area contributed by atoms with Crippen molar-refractivity contribution in [2.45, 2.75) is 43.5 Å². The highest BCUT2D eigenvalue weighted by atomic mass is 32.2. The average Bonchev–Trinajstić information content (AvgIpc) is 2.31. The van der Waals surface area contributed by atoms with Crippen LogP contribution in [0.2, 0.25) is 0 Å². The van der Waals surface area contributed by atoms with Crippen LogP contribution in [0.4, 0.5) is 35.1 Å². The fourth-order valence-electron chi connectivity index (χ4n) is 1.16. The number of rotatable bonds is 8. The third-order valence-corrected chi connectivity index (χ3v) is 2.91. The van der Waals surface area contributed by atoms with Gasteiger partial charge in [0.2, 0.25) is 0 Å². The lowest BCUT2D eigenvalue weighted by molar-refractivity contribution is -0.0577. The summed E-state index contributed by atoms with van der Waals surface area (Å²) in [5, 5.41) is 0. The minimum atomic E-state index is -5.07. The molecule has 13 heteroatoms. The Labute approximate surface area is 114 Å². The molecule has 0 spiro atoms. The van der Waals surface area contributed by atoms with Gasteiger partial charge in [0.15, 0.2) is 37.0 Å². The molecule has 0 saturated carbocycles. The number of hydrogen-bond acceptors (Lipinski definition) is 3. The van der Waals surface area contributed by atoms with Gasteiger partial charge in [-0.25, -0.2) is 35.1 Å². The highest BCUT2D eigenvalue weighted by molar-refractivity contribution is 7.85. The van der Waals surface area contributed by atoms with Crippen LogP contribution in [0.15, 0.2) is 0 Å². The van der Waals surface area contributed by atoms with E-state index in [4.69, 9.17) is 4.55 Å². The van der Waals surface area contributed by atoms with Crippen molar-refractivity contribution in [2.75, 3.05) is 5.75 Å². The molecule has 0 amide bonds. The fourth-order valence-corrected chi connectivity index (χ4v) is 1.74. The van der Waals surface area contributed by atoms with Gasteiger partial charge in [0.05, 0.1) is 0 Å². The molecule has 0 heterocycles. The third kappa shape index (κ3) is 7.22. The van der Waals surface area contributed by atoms with Crippen LogP contribution in [0.3, 0.4) is 0 Å². The maximum atomic E-state index is 13.0. The Hall–Kier alpha value is -0.690. The summed E-state index contributed by atoms with van der Waals surface area (Å²) in [7, 11) is -5.07. The smallest absolute Gasteiger partial charge is 0.272 e. The molecule has 4 nitrogen and oxygen atoms in total. The van der Waals surface area contributed by atoms with Gasteiger partial charge in [-0.3, -0.25) is 4.55 Å². The molecule has 0 fully saturated rings. The van der Waals surface area contributed by atoms with Crippen LogP contribution in [0.1, 0.15) is 0 Å². The van der Waals surface area contributed by atoms with Crippen LogP contribution in [-0.4, -0.2) is 62.2 Å². The van der Waals surface area contributed by atoms with Gasteiger partial charge in [0, 0.05) is 0 Å². The molecule has 0 radical (unpaired) electrons. The van der Waals surface area contributed by atoms with E-state index in [0.29, 0.717) is 0 Å². The van der Waals surface area contributed by atoms with Crippen molar-refractivity contribution in [1.82, 2.24) is 6.15 Å². The van der Waals surface area contributed by atoms with E-state index >= 15 is 0 Å². The minimum Gasteiger partial charge on any atom is -0.344 e. The van der Waals surface area contributed by atoms with Crippen LogP contribution < -0.4 is 6.15 Å². The topological polar surface area (TPSA) is 89.4 Å². The summed E-state index contributed by atoms with van der Waals surface area (Å²) in [6.45, 7) is 0. The van der Waals surface area contributed by atoms with Crippen molar-refractivity contribution in [3.8, 4) is 0 Å². The van der Waals surface area contributed by atoms with Crippen LogP contribution in [0.25, 0.3) is 0 Å². The summed E-state index contributed by atoms with van der Waals surface area (Å²) in [6, 6.07) is 0. The Morgan fingerprint density at radius 1 is 0.714 bits per heavy atom. The maximum Gasteiger partial charge on any atom is 0.272 e. The maximum absolute atomic E-state index is 13.0. The summed E-state index contributed by atoms with van der Waals surface area (Å²) < 4.78 is 129. The summed E-state index contributed by atoms with van der Waals surface area (Å²) in [4.78, 5) is 0. The van der Waals surface area contributed by atoms with Crippen LogP contribution in [0, 0.1) is 0 Å². The summed E-state index contributed by atoms with van der Waals surface area (Å²) in [5.74, 6) is -1.95. The molecule has 21 heavy (non-hydrogen) atoms. The van der Waals surface area contributed by atoms with Crippen LogP contribution >= 0.6 is 0 Å². The first-order valence-electron chi connectivity index (χ1n) is 4.96. The molecule has 0 aliphatic rings. The van der Waals surface area contributed by atoms with Crippen molar-refractivity contribution < 1.29 is 48.1 Å². The Bertz CT molecular complexity index is 397. The minimum absolute atomic E-state index is 0. The Balaban J connectivity index is 0.